The van der Waals surface area contributed by atoms with Gasteiger partial charge in [0, 0.05) is 12.6 Å². The molecule has 0 radical (unpaired) electrons. The molecule has 0 aliphatic rings. The van der Waals surface area contributed by atoms with E-state index < -0.39 is 6.10 Å². The fraction of sp³-hybridized carbons (Fsp3) is 0.235. The molecule has 4 nitrogen and oxygen atoms in total. The van der Waals surface area contributed by atoms with Crippen molar-refractivity contribution in [3.63, 3.8) is 0 Å². The smallest absolute Gasteiger partial charge is 0.260 e. The van der Waals surface area contributed by atoms with Crippen LogP contribution < -0.4 is 14.8 Å². The van der Waals surface area contributed by atoms with Gasteiger partial charge in [-0.2, -0.15) is 0 Å². The van der Waals surface area contributed by atoms with E-state index in [0.29, 0.717) is 17.1 Å². The Balaban J connectivity index is 1.92. The van der Waals surface area contributed by atoms with Gasteiger partial charge in [-0.15, -0.1) is 0 Å². The summed E-state index contributed by atoms with van der Waals surface area (Å²) in [5.41, 5.74) is 0.496. The molecule has 0 saturated heterocycles. The zero-order chi connectivity index (χ0) is 15.9. The second-order valence-corrected chi connectivity index (χ2v) is 4.73. The standard InChI is InChI=1S/C17H18FNO3/c1-12(17(20)19-2)22-15-9-7-14(8-10-15)21-11-13-5-3-4-6-16(13)18/h3-10,12H,11H2,1-2H3,(H,19,20)/t12-/m0/s1. The summed E-state index contributed by atoms with van der Waals surface area (Å²) in [5.74, 6) is 0.680. The third-order valence-corrected chi connectivity index (χ3v) is 3.10. The Morgan fingerprint density at radius 2 is 1.77 bits per heavy atom. The van der Waals surface area contributed by atoms with E-state index in [9.17, 15) is 9.18 Å². The number of ether oxygens (including phenoxy) is 2. The maximum atomic E-state index is 13.5. The second kappa shape index (κ2) is 7.45. The maximum absolute atomic E-state index is 13.5. The highest BCUT2D eigenvalue weighted by molar-refractivity contribution is 5.80. The normalized spacial score (nSPS) is 11.6. The fourth-order valence-corrected chi connectivity index (χ4v) is 1.85. The van der Waals surface area contributed by atoms with Gasteiger partial charge in [-0.1, -0.05) is 18.2 Å². The number of carbonyl (C=O) groups is 1. The van der Waals surface area contributed by atoms with Crippen LogP contribution >= 0.6 is 0 Å². The minimum atomic E-state index is -0.574. The van der Waals surface area contributed by atoms with Crippen molar-refractivity contribution in [1.82, 2.24) is 5.32 Å². The average molecular weight is 303 g/mol. The molecule has 1 atom stereocenters. The van der Waals surface area contributed by atoms with Crippen molar-refractivity contribution in [2.24, 2.45) is 0 Å². The molecule has 22 heavy (non-hydrogen) atoms. The van der Waals surface area contributed by atoms with Gasteiger partial charge in [0.15, 0.2) is 6.10 Å². The average Bonchev–Trinajstić information content (AvgIpc) is 2.54. The third kappa shape index (κ3) is 4.22. The van der Waals surface area contributed by atoms with E-state index in [-0.39, 0.29) is 18.3 Å². The molecule has 116 valence electrons. The van der Waals surface area contributed by atoms with Crippen molar-refractivity contribution in [3.05, 3.63) is 59.9 Å². The summed E-state index contributed by atoms with van der Waals surface area (Å²) in [6, 6.07) is 13.3. The van der Waals surface area contributed by atoms with Crippen molar-refractivity contribution in [2.45, 2.75) is 19.6 Å². The van der Waals surface area contributed by atoms with Crippen LogP contribution in [0.1, 0.15) is 12.5 Å². The Morgan fingerprint density at radius 1 is 1.14 bits per heavy atom. The number of hydrogen-bond donors (Lipinski definition) is 1. The molecule has 0 fully saturated rings. The molecule has 0 saturated carbocycles. The van der Waals surface area contributed by atoms with E-state index in [1.54, 1.807) is 56.4 Å². The van der Waals surface area contributed by atoms with Gasteiger partial charge in [0.05, 0.1) is 0 Å². The topological polar surface area (TPSA) is 47.6 Å². The SMILES string of the molecule is CNC(=O)[C@H](C)Oc1ccc(OCc2ccccc2F)cc1. The van der Waals surface area contributed by atoms with Crippen molar-refractivity contribution in [1.29, 1.82) is 0 Å². The lowest BCUT2D eigenvalue weighted by atomic mass is 10.2. The first-order chi connectivity index (χ1) is 10.6. The van der Waals surface area contributed by atoms with Crippen LogP contribution in [0.15, 0.2) is 48.5 Å². The molecule has 0 unspecified atom stereocenters. The zero-order valence-corrected chi connectivity index (χ0v) is 12.5. The molecule has 0 aliphatic heterocycles. The number of rotatable bonds is 6. The van der Waals surface area contributed by atoms with E-state index in [1.165, 1.54) is 6.07 Å². The molecule has 0 aliphatic carbocycles. The van der Waals surface area contributed by atoms with Gasteiger partial charge in [-0.05, 0) is 37.3 Å². The highest BCUT2D eigenvalue weighted by Gasteiger charge is 2.12. The molecule has 1 N–H and O–H groups in total. The predicted octanol–water partition coefficient (Wildman–Crippen LogP) is 2.92. The number of halogens is 1. The van der Waals surface area contributed by atoms with Gasteiger partial charge in [0.2, 0.25) is 0 Å². The highest BCUT2D eigenvalue weighted by atomic mass is 19.1. The van der Waals surface area contributed by atoms with Gasteiger partial charge in [-0.3, -0.25) is 4.79 Å². The van der Waals surface area contributed by atoms with E-state index in [4.69, 9.17) is 9.47 Å². The van der Waals surface area contributed by atoms with Crippen LogP contribution in [0.25, 0.3) is 0 Å². The maximum Gasteiger partial charge on any atom is 0.260 e. The van der Waals surface area contributed by atoms with Crippen molar-refractivity contribution < 1.29 is 18.7 Å². The molecule has 1 amide bonds. The Labute approximate surface area is 128 Å². The molecule has 2 rings (SSSR count). The van der Waals surface area contributed by atoms with Gasteiger partial charge >= 0.3 is 0 Å². The molecule has 0 aromatic heterocycles. The predicted molar refractivity (Wildman–Crippen MR) is 81.3 cm³/mol. The molecule has 0 spiro atoms. The number of amides is 1. The number of hydrogen-bond acceptors (Lipinski definition) is 3. The lowest BCUT2D eigenvalue weighted by molar-refractivity contribution is -0.126. The second-order valence-electron chi connectivity index (χ2n) is 4.73. The van der Waals surface area contributed by atoms with E-state index in [0.717, 1.165) is 0 Å². The minimum absolute atomic E-state index is 0.154. The summed E-state index contributed by atoms with van der Waals surface area (Å²) in [6.45, 7) is 1.82. The Morgan fingerprint density at radius 3 is 2.41 bits per heavy atom. The molecular formula is C17H18FNO3. The van der Waals surface area contributed by atoms with Crippen LogP contribution in [0.2, 0.25) is 0 Å². The van der Waals surface area contributed by atoms with E-state index in [1.807, 2.05) is 0 Å². The van der Waals surface area contributed by atoms with Gasteiger partial charge in [0.1, 0.15) is 23.9 Å². The molecule has 0 heterocycles. The van der Waals surface area contributed by atoms with Crippen LogP contribution in [0.3, 0.4) is 0 Å². The monoisotopic (exact) mass is 303 g/mol. The molecular weight excluding hydrogens is 285 g/mol. The van der Waals surface area contributed by atoms with Crippen LogP contribution in [0.4, 0.5) is 4.39 Å². The van der Waals surface area contributed by atoms with Gasteiger partial charge < -0.3 is 14.8 Å². The summed E-state index contributed by atoms with van der Waals surface area (Å²) < 4.78 is 24.5. The Hall–Kier alpha value is -2.56. The fourth-order valence-electron chi connectivity index (χ4n) is 1.85. The summed E-state index contributed by atoms with van der Waals surface area (Å²) in [5, 5.41) is 2.52. The Bertz CT molecular complexity index is 628. The summed E-state index contributed by atoms with van der Waals surface area (Å²) in [7, 11) is 1.56. The van der Waals surface area contributed by atoms with Crippen molar-refractivity contribution >= 4 is 5.91 Å². The van der Waals surface area contributed by atoms with E-state index >= 15 is 0 Å². The summed E-state index contributed by atoms with van der Waals surface area (Å²) in [4.78, 5) is 11.4. The van der Waals surface area contributed by atoms with Crippen LogP contribution in [-0.2, 0) is 11.4 Å². The third-order valence-electron chi connectivity index (χ3n) is 3.10. The number of benzene rings is 2. The molecule has 0 bridgehead atoms. The Kier molecular flexibility index (Phi) is 5.36. The van der Waals surface area contributed by atoms with Gasteiger partial charge in [0.25, 0.3) is 5.91 Å². The lowest BCUT2D eigenvalue weighted by Gasteiger charge is -2.13. The largest absolute Gasteiger partial charge is 0.489 e. The van der Waals surface area contributed by atoms with Crippen molar-refractivity contribution in [2.75, 3.05) is 7.05 Å². The van der Waals surface area contributed by atoms with E-state index in [2.05, 4.69) is 5.32 Å². The van der Waals surface area contributed by atoms with Gasteiger partial charge in [-0.25, -0.2) is 4.39 Å². The molecule has 2 aromatic carbocycles. The number of carbonyl (C=O) groups excluding carboxylic acids is 1. The number of nitrogens with one attached hydrogen (secondary N) is 1. The lowest BCUT2D eigenvalue weighted by Crippen LogP contribution is -2.33. The quantitative estimate of drug-likeness (QED) is 0.892. The van der Waals surface area contributed by atoms with Crippen LogP contribution in [0, 0.1) is 5.82 Å². The first-order valence-electron chi connectivity index (χ1n) is 6.94. The summed E-state index contributed by atoms with van der Waals surface area (Å²) >= 11 is 0. The summed E-state index contributed by atoms with van der Waals surface area (Å²) in [6.07, 6.45) is -0.574. The van der Waals surface area contributed by atoms with Crippen LogP contribution in [-0.4, -0.2) is 19.1 Å². The highest BCUT2D eigenvalue weighted by Crippen LogP contribution is 2.20. The minimum Gasteiger partial charge on any atom is -0.489 e. The first-order valence-corrected chi connectivity index (χ1v) is 6.94. The molecule has 5 heteroatoms. The first kappa shape index (κ1) is 15.8. The zero-order valence-electron chi connectivity index (χ0n) is 12.5. The number of likely N-dealkylation sites (N-methyl/N-ethyl adjacent to an activating group) is 1. The molecule has 2 aromatic rings. The van der Waals surface area contributed by atoms with Crippen molar-refractivity contribution in [3.8, 4) is 11.5 Å². The van der Waals surface area contributed by atoms with Crippen LogP contribution in [0.5, 0.6) is 11.5 Å².